The molecule has 0 aliphatic carbocycles. The number of benzene rings is 1. The third-order valence-corrected chi connectivity index (χ3v) is 7.35. The highest BCUT2D eigenvalue weighted by atomic mass is 32.2. The van der Waals surface area contributed by atoms with Crippen molar-refractivity contribution in [1.82, 2.24) is 9.47 Å². The number of nitrogens with one attached hydrogen (secondary N) is 1. The second kappa shape index (κ2) is 8.03. The minimum atomic E-state index is -4.10. The fourth-order valence-corrected chi connectivity index (χ4v) is 5.72. The standard InChI is InChI=1S/C23H28FN3O4S/c1-23(2,3)11-21(28)26-12-15-9-16(14-26)20-8-7-19(22(29)27(20)13-15)25-32(30,31)18-6-4-5-17(24)10-18/h4-8,10,15-16,25H,9,11-14H2,1-3H3/t15-,16+/m0/s1. The number of likely N-dealkylation sites (tertiary alicyclic amines) is 1. The predicted octanol–water partition coefficient (Wildman–Crippen LogP) is 3.17. The molecule has 3 heterocycles. The molecule has 2 aliphatic rings. The Labute approximate surface area is 187 Å². The minimum Gasteiger partial charge on any atom is -0.342 e. The van der Waals surface area contributed by atoms with Crippen LogP contribution in [0.15, 0.2) is 46.1 Å². The number of hydrogen-bond donors (Lipinski definition) is 1. The van der Waals surface area contributed by atoms with Gasteiger partial charge in [0.05, 0.1) is 4.90 Å². The van der Waals surface area contributed by atoms with Crippen molar-refractivity contribution in [3.05, 3.63) is 58.3 Å². The van der Waals surface area contributed by atoms with Crippen LogP contribution in [0.3, 0.4) is 0 Å². The molecule has 0 spiro atoms. The first-order valence-corrected chi connectivity index (χ1v) is 12.2. The highest BCUT2D eigenvalue weighted by Crippen LogP contribution is 2.36. The molecule has 2 atom stereocenters. The van der Waals surface area contributed by atoms with Gasteiger partial charge in [0, 0.05) is 37.7 Å². The van der Waals surface area contributed by atoms with Crippen LogP contribution < -0.4 is 10.3 Å². The van der Waals surface area contributed by atoms with Gasteiger partial charge in [-0.3, -0.25) is 14.3 Å². The molecule has 2 aliphatic heterocycles. The van der Waals surface area contributed by atoms with Crippen molar-refractivity contribution in [2.24, 2.45) is 11.3 Å². The summed E-state index contributed by atoms with van der Waals surface area (Å²) in [7, 11) is -4.10. The predicted molar refractivity (Wildman–Crippen MR) is 119 cm³/mol. The molecule has 1 aromatic carbocycles. The highest BCUT2D eigenvalue weighted by molar-refractivity contribution is 7.92. The molecule has 0 unspecified atom stereocenters. The van der Waals surface area contributed by atoms with Gasteiger partial charge in [0.15, 0.2) is 0 Å². The van der Waals surface area contributed by atoms with Gasteiger partial charge < -0.3 is 9.47 Å². The molecular weight excluding hydrogens is 433 g/mol. The van der Waals surface area contributed by atoms with Crippen molar-refractivity contribution >= 4 is 21.6 Å². The normalized spacial score (nSPS) is 20.6. The summed E-state index contributed by atoms with van der Waals surface area (Å²) in [6.07, 6.45) is 1.37. The molecule has 1 N–H and O–H groups in total. The number of hydrogen-bond acceptors (Lipinski definition) is 4. The molecule has 32 heavy (non-hydrogen) atoms. The molecule has 172 valence electrons. The number of rotatable bonds is 4. The average molecular weight is 462 g/mol. The zero-order valence-electron chi connectivity index (χ0n) is 18.5. The van der Waals surface area contributed by atoms with Crippen LogP contribution in [0.2, 0.25) is 0 Å². The summed E-state index contributed by atoms with van der Waals surface area (Å²) in [6, 6.07) is 7.85. The molecule has 2 bridgehead atoms. The Kier molecular flexibility index (Phi) is 5.65. The van der Waals surface area contributed by atoms with E-state index >= 15 is 0 Å². The van der Waals surface area contributed by atoms with E-state index in [9.17, 15) is 22.4 Å². The third-order valence-electron chi connectivity index (χ3n) is 5.99. The average Bonchev–Trinajstić information content (AvgIpc) is 2.69. The Morgan fingerprint density at radius 1 is 1.16 bits per heavy atom. The third kappa shape index (κ3) is 4.57. The van der Waals surface area contributed by atoms with Crippen molar-refractivity contribution < 1.29 is 17.6 Å². The van der Waals surface area contributed by atoms with Gasteiger partial charge in [-0.2, -0.15) is 0 Å². The maximum absolute atomic E-state index is 13.5. The minimum absolute atomic E-state index is 0.0352. The van der Waals surface area contributed by atoms with Crippen molar-refractivity contribution in [2.75, 3.05) is 17.8 Å². The number of nitrogens with zero attached hydrogens (tertiary/aromatic N) is 2. The molecule has 1 saturated heterocycles. The Balaban J connectivity index is 1.59. The lowest BCUT2D eigenvalue weighted by atomic mass is 9.82. The smallest absolute Gasteiger partial charge is 0.275 e. The fourth-order valence-electron chi connectivity index (χ4n) is 4.63. The number of sulfonamides is 1. The molecule has 0 saturated carbocycles. The first-order valence-electron chi connectivity index (χ1n) is 10.7. The van der Waals surface area contributed by atoms with E-state index in [1.165, 1.54) is 18.2 Å². The number of amides is 1. The summed E-state index contributed by atoms with van der Waals surface area (Å²) in [6.45, 7) is 7.69. The largest absolute Gasteiger partial charge is 0.342 e. The van der Waals surface area contributed by atoms with E-state index in [4.69, 9.17) is 0 Å². The van der Waals surface area contributed by atoms with Gasteiger partial charge in [0.1, 0.15) is 11.5 Å². The summed E-state index contributed by atoms with van der Waals surface area (Å²) >= 11 is 0. The summed E-state index contributed by atoms with van der Waals surface area (Å²) in [5, 5.41) is 0. The molecule has 0 radical (unpaired) electrons. The Hall–Kier alpha value is -2.68. The van der Waals surface area contributed by atoms with Crippen molar-refractivity contribution in [1.29, 1.82) is 0 Å². The Morgan fingerprint density at radius 3 is 2.59 bits per heavy atom. The maximum atomic E-state index is 13.5. The Bertz CT molecular complexity index is 1220. The summed E-state index contributed by atoms with van der Waals surface area (Å²) in [5.41, 5.74) is 0.227. The molecule has 4 rings (SSSR count). The van der Waals surface area contributed by atoms with E-state index in [-0.39, 0.29) is 33.7 Å². The van der Waals surface area contributed by atoms with Crippen LogP contribution >= 0.6 is 0 Å². The molecule has 1 fully saturated rings. The van der Waals surface area contributed by atoms with Crippen LogP contribution in [0.1, 0.15) is 45.2 Å². The number of carbonyl (C=O) groups is 1. The van der Waals surface area contributed by atoms with Gasteiger partial charge in [-0.05, 0) is 48.1 Å². The Morgan fingerprint density at radius 2 is 1.91 bits per heavy atom. The topological polar surface area (TPSA) is 88.5 Å². The van der Waals surface area contributed by atoms with Gasteiger partial charge in [-0.25, -0.2) is 12.8 Å². The zero-order chi connectivity index (χ0) is 23.3. The second-order valence-electron chi connectivity index (χ2n) is 9.99. The van der Waals surface area contributed by atoms with Gasteiger partial charge in [-0.15, -0.1) is 0 Å². The van der Waals surface area contributed by atoms with Crippen molar-refractivity contribution in [3.63, 3.8) is 0 Å². The van der Waals surface area contributed by atoms with Gasteiger partial charge in [0.2, 0.25) is 5.91 Å². The number of pyridine rings is 1. The highest BCUT2D eigenvalue weighted by Gasteiger charge is 2.37. The van der Waals surface area contributed by atoms with Crippen molar-refractivity contribution in [3.8, 4) is 0 Å². The van der Waals surface area contributed by atoms with E-state index in [0.29, 0.717) is 26.1 Å². The van der Waals surface area contributed by atoms with Crippen LogP contribution in [0.4, 0.5) is 10.1 Å². The molecule has 2 aromatic rings. The quantitative estimate of drug-likeness (QED) is 0.758. The monoisotopic (exact) mass is 461 g/mol. The molecule has 1 amide bonds. The van der Waals surface area contributed by atoms with E-state index in [0.717, 1.165) is 24.2 Å². The van der Waals surface area contributed by atoms with E-state index in [1.807, 2.05) is 25.7 Å². The number of fused-ring (bicyclic) bond motifs is 4. The zero-order valence-corrected chi connectivity index (χ0v) is 19.3. The SMILES string of the molecule is CC(C)(C)CC(=O)N1C[C@@H]2C[C@H](C1)c1ccc(NS(=O)(=O)c3cccc(F)c3)c(=O)n1C2. The van der Waals surface area contributed by atoms with E-state index < -0.39 is 21.4 Å². The first kappa shape index (κ1) is 22.5. The van der Waals surface area contributed by atoms with Crippen LogP contribution in [-0.2, 0) is 21.4 Å². The van der Waals surface area contributed by atoms with Crippen LogP contribution in [-0.4, -0.2) is 36.9 Å². The fraction of sp³-hybridized carbons (Fsp3) is 0.478. The summed E-state index contributed by atoms with van der Waals surface area (Å²) in [5.74, 6) is -0.373. The van der Waals surface area contributed by atoms with Gasteiger partial charge in [0.25, 0.3) is 15.6 Å². The second-order valence-corrected chi connectivity index (χ2v) is 11.7. The molecular formula is C23H28FN3O4S. The van der Waals surface area contributed by atoms with Crippen LogP contribution in [0, 0.1) is 17.2 Å². The summed E-state index contributed by atoms with van der Waals surface area (Å²) < 4.78 is 42.7. The number of aromatic nitrogens is 1. The first-order chi connectivity index (χ1) is 14.9. The molecule has 7 nitrogen and oxygen atoms in total. The lowest BCUT2D eigenvalue weighted by molar-refractivity contribution is -0.135. The van der Waals surface area contributed by atoms with Crippen LogP contribution in [0.5, 0.6) is 0 Å². The van der Waals surface area contributed by atoms with Crippen LogP contribution in [0.25, 0.3) is 0 Å². The van der Waals surface area contributed by atoms with Gasteiger partial charge in [-0.1, -0.05) is 26.8 Å². The number of halogens is 1. The number of piperidine rings is 1. The van der Waals surface area contributed by atoms with Crippen molar-refractivity contribution in [2.45, 2.75) is 51.0 Å². The lowest BCUT2D eigenvalue weighted by Crippen LogP contribution is -2.49. The van der Waals surface area contributed by atoms with E-state index in [2.05, 4.69) is 4.72 Å². The van der Waals surface area contributed by atoms with E-state index in [1.54, 1.807) is 10.6 Å². The lowest BCUT2D eigenvalue weighted by Gasteiger charge is -2.43. The maximum Gasteiger partial charge on any atom is 0.275 e. The summed E-state index contributed by atoms with van der Waals surface area (Å²) in [4.78, 5) is 27.5. The van der Waals surface area contributed by atoms with Gasteiger partial charge >= 0.3 is 0 Å². The molecule has 1 aromatic heterocycles. The number of carbonyl (C=O) groups excluding carboxylic acids is 1. The number of anilines is 1. The molecule has 9 heteroatoms.